The van der Waals surface area contributed by atoms with Crippen LogP contribution in [0.3, 0.4) is 0 Å². The minimum Gasteiger partial charge on any atom is -0.353 e. The van der Waals surface area contributed by atoms with Gasteiger partial charge in [-0.05, 0) is 55.2 Å². The van der Waals surface area contributed by atoms with E-state index in [2.05, 4.69) is 21.8 Å². The maximum absolute atomic E-state index is 14.5. The minimum absolute atomic E-state index is 0.0613. The molecule has 3 atom stereocenters. The van der Waals surface area contributed by atoms with Crippen LogP contribution in [0.1, 0.15) is 61.3 Å². The highest BCUT2D eigenvalue weighted by Gasteiger charge is 2.39. The number of hydrogen-bond acceptors (Lipinski definition) is 4. The highest BCUT2D eigenvalue weighted by molar-refractivity contribution is 6.30. The zero-order valence-electron chi connectivity index (χ0n) is 17.9. The first-order chi connectivity index (χ1) is 15.0. The highest BCUT2D eigenvalue weighted by Crippen LogP contribution is 2.42. The van der Waals surface area contributed by atoms with Gasteiger partial charge < -0.3 is 9.80 Å². The Labute approximate surface area is 187 Å². The van der Waals surface area contributed by atoms with Crippen molar-refractivity contribution >= 4 is 23.3 Å². The molecule has 5 rings (SSSR count). The molecular weight excluding hydrogens is 415 g/mol. The number of fused-ring (bicyclic) bond motifs is 1. The smallest absolute Gasteiger partial charge is 0.226 e. The molecule has 1 aromatic carbocycles. The molecule has 1 amide bonds. The molecule has 1 saturated heterocycles. The number of benzene rings is 1. The highest BCUT2D eigenvalue weighted by atomic mass is 35.5. The molecule has 2 aliphatic carbocycles. The van der Waals surface area contributed by atoms with Gasteiger partial charge in [-0.3, -0.25) is 4.79 Å². The fraction of sp³-hybridized carbons (Fsp3) is 0.542. The SMILES string of the molecule is C[C@@H]1CCc2ncnc(N3CCN(C(=O)[C@H]4CCC[C@@H]4c4ccc(Cl)cc4F)CC3)c21. The van der Waals surface area contributed by atoms with Crippen LogP contribution in [0.25, 0.3) is 0 Å². The number of hydrogen-bond donors (Lipinski definition) is 0. The van der Waals surface area contributed by atoms with Gasteiger partial charge in [-0.25, -0.2) is 14.4 Å². The number of halogens is 2. The Morgan fingerprint density at radius 1 is 1.13 bits per heavy atom. The topological polar surface area (TPSA) is 49.3 Å². The van der Waals surface area contributed by atoms with Gasteiger partial charge in [-0.15, -0.1) is 0 Å². The van der Waals surface area contributed by atoms with Crippen LogP contribution >= 0.6 is 11.6 Å². The van der Waals surface area contributed by atoms with Crippen molar-refractivity contribution in [3.05, 3.63) is 52.2 Å². The zero-order valence-corrected chi connectivity index (χ0v) is 18.6. The summed E-state index contributed by atoms with van der Waals surface area (Å²) in [5, 5.41) is 0.392. The molecule has 31 heavy (non-hydrogen) atoms. The molecule has 0 unspecified atom stereocenters. The number of anilines is 1. The number of carbonyl (C=O) groups is 1. The van der Waals surface area contributed by atoms with Crippen LogP contribution in [0.5, 0.6) is 0 Å². The number of nitrogens with zero attached hydrogens (tertiary/aromatic N) is 4. The van der Waals surface area contributed by atoms with E-state index in [-0.39, 0.29) is 23.6 Å². The third-order valence-electron chi connectivity index (χ3n) is 7.34. The van der Waals surface area contributed by atoms with Gasteiger partial charge in [0.1, 0.15) is 18.0 Å². The van der Waals surface area contributed by atoms with Gasteiger partial charge in [-0.1, -0.05) is 31.0 Å². The van der Waals surface area contributed by atoms with Crippen LogP contribution in [0.2, 0.25) is 5.02 Å². The first-order valence-electron chi connectivity index (χ1n) is 11.4. The lowest BCUT2D eigenvalue weighted by Gasteiger charge is -2.38. The lowest BCUT2D eigenvalue weighted by atomic mass is 9.87. The van der Waals surface area contributed by atoms with Crippen LogP contribution in [-0.2, 0) is 11.2 Å². The molecule has 5 nitrogen and oxygen atoms in total. The molecule has 3 aliphatic rings. The van der Waals surface area contributed by atoms with Gasteiger partial charge in [0.25, 0.3) is 0 Å². The summed E-state index contributed by atoms with van der Waals surface area (Å²) in [5.41, 5.74) is 3.09. The number of amides is 1. The third-order valence-corrected chi connectivity index (χ3v) is 7.57. The molecule has 1 aromatic heterocycles. The normalized spacial score (nSPS) is 25.7. The molecule has 1 aliphatic heterocycles. The summed E-state index contributed by atoms with van der Waals surface area (Å²) < 4.78 is 14.5. The van der Waals surface area contributed by atoms with Crippen molar-refractivity contribution in [2.75, 3.05) is 31.1 Å². The lowest BCUT2D eigenvalue weighted by molar-refractivity contribution is -0.136. The Bertz CT molecular complexity index is 992. The molecule has 0 N–H and O–H groups in total. The third kappa shape index (κ3) is 3.79. The average molecular weight is 443 g/mol. The number of rotatable bonds is 3. The van der Waals surface area contributed by atoms with Gasteiger partial charge in [0.15, 0.2) is 0 Å². The maximum Gasteiger partial charge on any atom is 0.226 e. The fourth-order valence-electron chi connectivity index (χ4n) is 5.68. The summed E-state index contributed by atoms with van der Waals surface area (Å²) in [5.74, 6) is 1.19. The van der Waals surface area contributed by atoms with Crippen LogP contribution in [-0.4, -0.2) is 47.0 Å². The van der Waals surface area contributed by atoms with E-state index < -0.39 is 0 Å². The van der Waals surface area contributed by atoms with Crippen molar-refractivity contribution in [3.8, 4) is 0 Å². The Morgan fingerprint density at radius 3 is 2.71 bits per heavy atom. The lowest BCUT2D eigenvalue weighted by Crippen LogP contribution is -2.51. The first kappa shape index (κ1) is 20.7. The summed E-state index contributed by atoms with van der Waals surface area (Å²) in [6.07, 6.45) is 6.45. The first-order valence-corrected chi connectivity index (χ1v) is 11.7. The van der Waals surface area contributed by atoms with E-state index >= 15 is 0 Å². The van der Waals surface area contributed by atoms with Crippen LogP contribution in [0.4, 0.5) is 10.2 Å². The van der Waals surface area contributed by atoms with Crippen molar-refractivity contribution < 1.29 is 9.18 Å². The van der Waals surface area contributed by atoms with Crippen molar-refractivity contribution in [2.24, 2.45) is 5.92 Å². The summed E-state index contributed by atoms with van der Waals surface area (Å²) in [7, 11) is 0. The Morgan fingerprint density at radius 2 is 1.94 bits per heavy atom. The predicted octanol–water partition coefficient (Wildman–Crippen LogP) is 4.55. The van der Waals surface area contributed by atoms with Crippen molar-refractivity contribution in [1.82, 2.24) is 14.9 Å². The molecule has 2 heterocycles. The van der Waals surface area contributed by atoms with E-state index in [1.807, 2.05) is 4.90 Å². The Balaban J connectivity index is 1.28. The van der Waals surface area contributed by atoms with E-state index in [0.29, 0.717) is 29.6 Å². The average Bonchev–Trinajstić information content (AvgIpc) is 3.41. The molecule has 164 valence electrons. The molecule has 2 fully saturated rings. The molecule has 7 heteroatoms. The molecule has 0 bridgehead atoms. The molecule has 0 radical (unpaired) electrons. The van der Waals surface area contributed by atoms with Crippen LogP contribution in [0.15, 0.2) is 24.5 Å². The van der Waals surface area contributed by atoms with Crippen molar-refractivity contribution in [2.45, 2.75) is 50.9 Å². The zero-order chi connectivity index (χ0) is 21.5. The number of carbonyl (C=O) groups excluding carboxylic acids is 1. The van der Waals surface area contributed by atoms with Crippen molar-refractivity contribution in [1.29, 1.82) is 0 Å². The number of aromatic nitrogens is 2. The van der Waals surface area contributed by atoms with E-state index in [1.54, 1.807) is 18.5 Å². The Hall–Kier alpha value is -2.21. The second-order valence-electron chi connectivity index (χ2n) is 9.12. The van der Waals surface area contributed by atoms with Gasteiger partial charge in [0.2, 0.25) is 5.91 Å². The van der Waals surface area contributed by atoms with E-state index in [9.17, 15) is 9.18 Å². The van der Waals surface area contributed by atoms with E-state index in [4.69, 9.17) is 11.6 Å². The maximum atomic E-state index is 14.5. The fourth-order valence-corrected chi connectivity index (χ4v) is 5.84. The molecule has 2 aromatic rings. The van der Waals surface area contributed by atoms with Crippen molar-refractivity contribution in [3.63, 3.8) is 0 Å². The predicted molar refractivity (Wildman–Crippen MR) is 119 cm³/mol. The monoisotopic (exact) mass is 442 g/mol. The summed E-state index contributed by atoms with van der Waals surface area (Å²) in [6.45, 7) is 5.15. The molecule has 1 saturated carbocycles. The molecular formula is C24H28ClFN4O. The van der Waals surface area contributed by atoms with Gasteiger partial charge >= 0.3 is 0 Å². The summed E-state index contributed by atoms with van der Waals surface area (Å²) in [6, 6.07) is 4.83. The standard InChI is InChI=1S/C24H28ClFN4O/c1-15-5-8-21-22(15)23(28-14-27-21)29-9-11-30(12-10-29)24(31)19-4-2-3-17(19)18-7-6-16(25)13-20(18)26/h6-7,13-15,17,19H,2-5,8-12H2,1H3/t15-,17-,19+/m1/s1. The largest absolute Gasteiger partial charge is 0.353 e. The number of aryl methyl sites for hydroxylation is 1. The van der Waals surface area contributed by atoms with Gasteiger partial charge in [0.05, 0.1) is 0 Å². The number of piperazine rings is 1. The van der Waals surface area contributed by atoms with E-state index in [1.165, 1.54) is 17.3 Å². The summed E-state index contributed by atoms with van der Waals surface area (Å²) >= 11 is 5.92. The van der Waals surface area contributed by atoms with Crippen LogP contribution in [0, 0.1) is 11.7 Å². The second-order valence-corrected chi connectivity index (χ2v) is 9.56. The van der Waals surface area contributed by atoms with E-state index in [0.717, 1.165) is 51.0 Å². The Kier molecular flexibility index (Phi) is 5.59. The minimum atomic E-state index is -0.297. The quantitative estimate of drug-likeness (QED) is 0.699. The van der Waals surface area contributed by atoms with Gasteiger partial charge in [-0.2, -0.15) is 0 Å². The second kappa shape index (κ2) is 8.38. The van der Waals surface area contributed by atoms with Crippen LogP contribution < -0.4 is 4.90 Å². The van der Waals surface area contributed by atoms with Gasteiger partial charge in [0, 0.05) is 48.4 Å². The summed E-state index contributed by atoms with van der Waals surface area (Å²) in [4.78, 5) is 26.7. The molecule has 0 spiro atoms.